The van der Waals surface area contributed by atoms with Gasteiger partial charge in [-0.25, -0.2) is 4.79 Å². The summed E-state index contributed by atoms with van der Waals surface area (Å²) in [6.07, 6.45) is 0. The van der Waals surface area contributed by atoms with Gasteiger partial charge in [-0.1, -0.05) is 6.92 Å². The van der Waals surface area contributed by atoms with E-state index < -0.39 is 17.9 Å². The standard InChI is InChI=1S/C13H22N2O5/c1-8(2)15(7-11(16)20-4)13(19)14-5-9(3)10(6-14)12(17)18/h8-10H,5-7H2,1-4H3,(H,17,18)/t9-,10-/m1/s1. The SMILES string of the molecule is COC(=O)CN(C(=O)N1C[C@@H](C)[C@H](C(=O)O)C1)C(C)C. The molecule has 1 saturated heterocycles. The van der Waals surface area contributed by atoms with Gasteiger partial charge in [0, 0.05) is 19.1 Å². The van der Waals surface area contributed by atoms with Crippen molar-refractivity contribution < 1.29 is 24.2 Å². The van der Waals surface area contributed by atoms with Crippen molar-refractivity contribution in [3.8, 4) is 0 Å². The van der Waals surface area contributed by atoms with E-state index in [1.165, 1.54) is 16.9 Å². The Balaban J connectivity index is 2.76. The molecule has 2 atom stereocenters. The van der Waals surface area contributed by atoms with Crippen LogP contribution in [0.1, 0.15) is 20.8 Å². The Morgan fingerprint density at radius 2 is 1.95 bits per heavy atom. The average Bonchev–Trinajstić information content (AvgIpc) is 2.76. The summed E-state index contributed by atoms with van der Waals surface area (Å²) in [6, 6.07) is -0.484. The van der Waals surface area contributed by atoms with E-state index in [1.807, 2.05) is 6.92 Å². The molecule has 0 unspecified atom stereocenters. The molecule has 0 saturated carbocycles. The number of urea groups is 1. The number of carbonyl (C=O) groups is 3. The van der Waals surface area contributed by atoms with Crippen LogP contribution in [0, 0.1) is 11.8 Å². The number of rotatable bonds is 4. The van der Waals surface area contributed by atoms with Gasteiger partial charge in [-0.05, 0) is 19.8 Å². The highest BCUT2D eigenvalue weighted by Gasteiger charge is 2.39. The van der Waals surface area contributed by atoms with E-state index in [0.717, 1.165) is 0 Å². The molecule has 20 heavy (non-hydrogen) atoms. The Hall–Kier alpha value is -1.79. The van der Waals surface area contributed by atoms with Crippen LogP contribution in [0.4, 0.5) is 4.79 Å². The van der Waals surface area contributed by atoms with Crippen molar-refractivity contribution in [2.75, 3.05) is 26.7 Å². The largest absolute Gasteiger partial charge is 0.481 e. The van der Waals surface area contributed by atoms with Gasteiger partial charge in [0.05, 0.1) is 13.0 Å². The zero-order valence-corrected chi connectivity index (χ0v) is 12.3. The lowest BCUT2D eigenvalue weighted by Gasteiger charge is -2.30. The number of carboxylic acids is 1. The van der Waals surface area contributed by atoms with Gasteiger partial charge in [-0.2, -0.15) is 0 Å². The molecule has 7 nitrogen and oxygen atoms in total. The van der Waals surface area contributed by atoms with Crippen LogP contribution in [0.15, 0.2) is 0 Å². The van der Waals surface area contributed by atoms with Gasteiger partial charge in [-0.15, -0.1) is 0 Å². The monoisotopic (exact) mass is 286 g/mol. The Bertz CT molecular complexity index is 396. The Kier molecular flexibility index (Phi) is 5.35. The molecule has 0 aromatic heterocycles. The van der Waals surface area contributed by atoms with E-state index in [-0.39, 0.29) is 31.1 Å². The fourth-order valence-corrected chi connectivity index (χ4v) is 2.30. The average molecular weight is 286 g/mol. The molecule has 0 aromatic rings. The minimum absolute atomic E-state index is 0.0939. The summed E-state index contributed by atoms with van der Waals surface area (Å²) in [6.45, 7) is 5.85. The zero-order valence-electron chi connectivity index (χ0n) is 12.3. The number of ether oxygens (including phenoxy) is 1. The highest BCUT2D eigenvalue weighted by molar-refractivity contribution is 5.82. The lowest BCUT2D eigenvalue weighted by Crippen LogP contribution is -2.48. The number of hydrogen-bond acceptors (Lipinski definition) is 4. The predicted octanol–water partition coefficient (Wildman–Crippen LogP) is 0.642. The first-order chi connectivity index (χ1) is 9.27. The summed E-state index contributed by atoms with van der Waals surface area (Å²) in [5.41, 5.74) is 0. The molecule has 1 rings (SSSR count). The maximum atomic E-state index is 12.4. The summed E-state index contributed by atoms with van der Waals surface area (Å²) in [5.74, 6) is -2.03. The van der Waals surface area contributed by atoms with Crippen LogP contribution in [0.2, 0.25) is 0 Å². The van der Waals surface area contributed by atoms with E-state index in [2.05, 4.69) is 4.74 Å². The van der Waals surface area contributed by atoms with Crippen molar-refractivity contribution in [3.63, 3.8) is 0 Å². The molecule has 1 fully saturated rings. The van der Waals surface area contributed by atoms with Crippen molar-refractivity contribution in [2.45, 2.75) is 26.8 Å². The highest BCUT2D eigenvalue weighted by atomic mass is 16.5. The number of carbonyl (C=O) groups excluding carboxylic acids is 2. The van der Waals surface area contributed by atoms with E-state index in [4.69, 9.17) is 5.11 Å². The van der Waals surface area contributed by atoms with E-state index in [0.29, 0.717) is 6.54 Å². The van der Waals surface area contributed by atoms with Crippen LogP contribution in [0.5, 0.6) is 0 Å². The summed E-state index contributed by atoms with van der Waals surface area (Å²) in [7, 11) is 1.27. The van der Waals surface area contributed by atoms with Crippen molar-refractivity contribution in [1.29, 1.82) is 0 Å². The van der Waals surface area contributed by atoms with E-state index >= 15 is 0 Å². The minimum atomic E-state index is -0.892. The summed E-state index contributed by atoms with van der Waals surface area (Å²) in [5, 5.41) is 9.09. The maximum Gasteiger partial charge on any atom is 0.325 e. The molecule has 0 radical (unpaired) electrons. The van der Waals surface area contributed by atoms with Crippen molar-refractivity contribution >= 4 is 18.0 Å². The molecule has 7 heteroatoms. The van der Waals surface area contributed by atoms with E-state index in [1.54, 1.807) is 13.8 Å². The number of hydrogen-bond donors (Lipinski definition) is 1. The first-order valence-electron chi connectivity index (χ1n) is 6.63. The van der Waals surface area contributed by atoms with Crippen LogP contribution in [-0.2, 0) is 14.3 Å². The molecular weight excluding hydrogens is 264 g/mol. The molecule has 1 N–H and O–H groups in total. The molecule has 0 aromatic carbocycles. The van der Waals surface area contributed by atoms with Crippen LogP contribution in [-0.4, -0.2) is 65.7 Å². The lowest BCUT2D eigenvalue weighted by atomic mass is 9.99. The number of amides is 2. The maximum absolute atomic E-state index is 12.4. The molecule has 114 valence electrons. The Labute approximate surface area is 118 Å². The lowest BCUT2D eigenvalue weighted by molar-refractivity contribution is -0.143. The number of methoxy groups -OCH3 is 1. The number of nitrogens with zero attached hydrogens (tertiary/aromatic N) is 2. The molecule has 1 heterocycles. The second-order valence-electron chi connectivity index (χ2n) is 5.41. The third kappa shape index (κ3) is 3.61. The van der Waals surface area contributed by atoms with Gasteiger partial charge in [0.1, 0.15) is 6.54 Å². The Morgan fingerprint density at radius 3 is 2.35 bits per heavy atom. The Morgan fingerprint density at radius 1 is 1.35 bits per heavy atom. The van der Waals surface area contributed by atoms with Crippen molar-refractivity contribution in [2.24, 2.45) is 11.8 Å². The van der Waals surface area contributed by atoms with Gasteiger partial charge in [0.15, 0.2) is 0 Å². The highest BCUT2D eigenvalue weighted by Crippen LogP contribution is 2.24. The first kappa shape index (κ1) is 16.3. The third-order valence-electron chi connectivity index (χ3n) is 3.60. The molecule has 0 spiro atoms. The van der Waals surface area contributed by atoms with E-state index in [9.17, 15) is 14.4 Å². The van der Waals surface area contributed by atoms with Crippen LogP contribution in [0.3, 0.4) is 0 Å². The summed E-state index contributed by atoms with van der Waals surface area (Å²) >= 11 is 0. The van der Waals surface area contributed by atoms with Gasteiger partial charge < -0.3 is 19.6 Å². The van der Waals surface area contributed by atoms with Gasteiger partial charge in [-0.3, -0.25) is 9.59 Å². The van der Waals surface area contributed by atoms with Gasteiger partial charge >= 0.3 is 18.0 Å². The summed E-state index contributed by atoms with van der Waals surface area (Å²) in [4.78, 5) is 37.7. The first-order valence-corrected chi connectivity index (χ1v) is 6.63. The topological polar surface area (TPSA) is 87.2 Å². The molecule has 2 amide bonds. The smallest absolute Gasteiger partial charge is 0.325 e. The molecular formula is C13H22N2O5. The van der Waals surface area contributed by atoms with Gasteiger partial charge in [0.2, 0.25) is 0 Å². The number of esters is 1. The van der Waals surface area contributed by atoms with Crippen LogP contribution < -0.4 is 0 Å². The third-order valence-corrected chi connectivity index (χ3v) is 3.60. The normalized spacial score (nSPS) is 21.9. The predicted molar refractivity (Wildman–Crippen MR) is 71.1 cm³/mol. The molecule has 0 bridgehead atoms. The minimum Gasteiger partial charge on any atom is -0.481 e. The number of likely N-dealkylation sites (tertiary alicyclic amines) is 1. The van der Waals surface area contributed by atoms with Gasteiger partial charge in [0.25, 0.3) is 0 Å². The number of aliphatic carboxylic acids is 1. The van der Waals surface area contributed by atoms with Crippen LogP contribution >= 0.6 is 0 Å². The quantitative estimate of drug-likeness (QED) is 0.766. The fourth-order valence-electron chi connectivity index (χ4n) is 2.30. The second kappa shape index (κ2) is 6.58. The second-order valence-corrected chi connectivity index (χ2v) is 5.41. The molecule has 1 aliphatic heterocycles. The zero-order chi connectivity index (χ0) is 15.4. The number of carboxylic acid groups (broad SMARTS) is 1. The fraction of sp³-hybridized carbons (Fsp3) is 0.769. The van der Waals surface area contributed by atoms with Crippen molar-refractivity contribution in [1.82, 2.24) is 9.80 Å². The molecule has 1 aliphatic rings. The molecule has 0 aliphatic carbocycles. The summed E-state index contributed by atoms with van der Waals surface area (Å²) < 4.78 is 4.58. The van der Waals surface area contributed by atoms with Crippen LogP contribution in [0.25, 0.3) is 0 Å². The van der Waals surface area contributed by atoms with Crippen molar-refractivity contribution in [3.05, 3.63) is 0 Å².